The minimum Gasteiger partial charge on any atom is -0.368 e. The van der Waals surface area contributed by atoms with Gasteiger partial charge in [0, 0.05) is 18.3 Å². The van der Waals surface area contributed by atoms with Crippen LogP contribution in [0.3, 0.4) is 0 Å². The van der Waals surface area contributed by atoms with Gasteiger partial charge in [0.1, 0.15) is 11.8 Å². The first-order chi connectivity index (χ1) is 14.5. The molecule has 4 N–H and O–H groups in total. The van der Waals surface area contributed by atoms with Crippen molar-refractivity contribution in [1.29, 1.82) is 0 Å². The molecule has 30 heavy (non-hydrogen) atoms. The maximum atomic E-state index is 12.9. The number of carbonyl (C=O) groups is 2. The van der Waals surface area contributed by atoms with Gasteiger partial charge in [0.05, 0.1) is 17.1 Å². The first kappa shape index (κ1) is 19.2. The van der Waals surface area contributed by atoms with Crippen LogP contribution in [0.15, 0.2) is 70.7 Å². The fraction of sp³-hybridized carbons (Fsp3) is 0.143. The van der Waals surface area contributed by atoms with E-state index in [1.54, 1.807) is 49.5 Å². The largest absolute Gasteiger partial charge is 0.368 e. The van der Waals surface area contributed by atoms with Crippen molar-refractivity contribution in [3.05, 3.63) is 77.0 Å². The number of para-hydroxylation sites is 3. The number of hydrazone groups is 1. The average Bonchev–Trinajstić information content (AvgIpc) is 3.33. The molecule has 4 rings (SSSR count). The zero-order chi connectivity index (χ0) is 21.3. The molecule has 1 aliphatic heterocycles. The molecule has 1 aromatic heterocycles. The summed E-state index contributed by atoms with van der Waals surface area (Å²) in [6, 6.07) is 15.3. The maximum absolute atomic E-state index is 12.9. The van der Waals surface area contributed by atoms with Gasteiger partial charge in [-0.25, -0.2) is 4.79 Å². The van der Waals surface area contributed by atoms with Crippen LogP contribution in [0.5, 0.6) is 0 Å². The Balaban J connectivity index is 1.64. The highest BCUT2D eigenvalue weighted by Crippen LogP contribution is 2.26. The lowest BCUT2D eigenvalue weighted by molar-refractivity contribution is -0.119. The molecule has 0 fully saturated rings. The van der Waals surface area contributed by atoms with E-state index in [0.29, 0.717) is 22.8 Å². The molecule has 2 heterocycles. The molecule has 2 aromatic carbocycles. The second-order valence-corrected chi connectivity index (χ2v) is 6.89. The van der Waals surface area contributed by atoms with Gasteiger partial charge >= 0.3 is 5.69 Å². The molecule has 0 saturated carbocycles. The number of hydrogen-bond donors (Lipinski definition) is 3. The van der Waals surface area contributed by atoms with Gasteiger partial charge in [-0.1, -0.05) is 30.3 Å². The van der Waals surface area contributed by atoms with Crippen LogP contribution in [0.25, 0.3) is 5.69 Å². The molecule has 1 unspecified atom stereocenters. The molecular weight excluding hydrogens is 384 g/mol. The number of aromatic nitrogens is 2. The summed E-state index contributed by atoms with van der Waals surface area (Å²) in [5.41, 5.74) is 7.74. The van der Waals surface area contributed by atoms with Gasteiger partial charge in [-0.05, 0) is 31.2 Å². The van der Waals surface area contributed by atoms with Gasteiger partial charge in [-0.15, -0.1) is 0 Å². The van der Waals surface area contributed by atoms with Crippen LogP contribution in [0.1, 0.15) is 12.1 Å². The predicted molar refractivity (Wildman–Crippen MR) is 114 cm³/mol. The van der Waals surface area contributed by atoms with Gasteiger partial charge in [0.2, 0.25) is 5.91 Å². The van der Waals surface area contributed by atoms with Crippen LogP contribution in [0.2, 0.25) is 0 Å². The monoisotopic (exact) mass is 404 g/mol. The molecule has 3 aromatic rings. The second-order valence-electron chi connectivity index (χ2n) is 6.89. The number of amides is 2. The van der Waals surface area contributed by atoms with Crippen molar-refractivity contribution >= 4 is 28.9 Å². The third-order valence-electron chi connectivity index (χ3n) is 4.88. The smallest absolute Gasteiger partial charge is 0.330 e. The zero-order valence-corrected chi connectivity index (χ0v) is 16.2. The Kier molecular flexibility index (Phi) is 4.93. The van der Waals surface area contributed by atoms with E-state index < -0.39 is 17.9 Å². The Bertz CT molecular complexity index is 1190. The van der Waals surface area contributed by atoms with Gasteiger partial charge in [-0.3, -0.25) is 19.2 Å². The number of H-pyrrole nitrogens is 1. The van der Waals surface area contributed by atoms with Crippen molar-refractivity contribution in [2.24, 2.45) is 10.8 Å². The number of hydrogen-bond acceptors (Lipinski definition) is 5. The van der Waals surface area contributed by atoms with Crippen molar-refractivity contribution in [2.75, 3.05) is 10.3 Å². The van der Waals surface area contributed by atoms with Crippen LogP contribution >= 0.6 is 0 Å². The number of aromatic amines is 1. The highest BCUT2D eigenvalue weighted by molar-refractivity contribution is 6.44. The molecule has 1 aliphatic rings. The highest BCUT2D eigenvalue weighted by atomic mass is 16.2. The SMILES string of the molecule is Cc1c[nH]c(=O)n1-c1ccccc1NC(=O)C1=NN(c2ccccc2)C(C(N)=O)C1. The number of nitrogens with one attached hydrogen (secondary N) is 2. The van der Waals surface area contributed by atoms with Crippen molar-refractivity contribution in [3.8, 4) is 5.69 Å². The van der Waals surface area contributed by atoms with E-state index in [-0.39, 0.29) is 17.8 Å². The van der Waals surface area contributed by atoms with Crippen LogP contribution in [-0.2, 0) is 9.59 Å². The molecule has 2 amide bonds. The van der Waals surface area contributed by atoms with Crippen molar-refractivity contribution < 1.29 is 9.59 Å². The Labute approximate surface area is 171 Å². The molecule has 0 spiro atoms. The fourth-order valence-electron chi connectivity index (χ4n) is 3.41. The van der Waals surface area contributed by atoms with Crippen LogP contribution in [0, 0.1) is 6.92 Å². The summed E-state index contributed by atoms with van der Waals surface area (Å²) in [4.78, 5) is 39.7. The molecular formula is C21H20N6O3. The Hall–Kier alpha value is -4.14. The van der Waals surface area contributed by atoms with Crippen LogP contribution in [0.4, 0.5) is 11.4 Å². The molecule has 0 radical (unpaired) electrons. The lowest BCUT2D eigenvalue weighted by Gasteiger charge is -2.20. The van der Waals surface area contributed by atoms with Gasteiger partial charge in [-0.2, -0.15) is 5.10 Å². The lowest BCUT2D eigenvalue weighted by atomic mass is 10.1. The molecule has 1 atom stereocenters. The summed E-state index contributed by atoms with van der Waals surface area (Å²) >= 11 is 0. The molecule has 9 nitrogen and oxygen atoms in total. The highest BCUT2D eigenvalue weighted by Gasteiger charge is 2.35. The summed E-state index contributed by atoms with van der Waals surface area (Å²) in [6.45, 7) is 1.78. The summed E-state index contributed by atoms with van der Waals surface area (Å²) in [5, 5.41) is 8.61. The zero-order valence-electron chi connectivity index (χ0n) is 16.2. The molecule has 0 saturated heterocycles. The molecule has 9 heteroatoms. The first-order valence-corrected chi connectivity index (χ1v) is 9.34. The minimum atomic E-state index is -0.752. The number of rotatable bonds is 5. The Morgan fingerprint density at radius 3 is 2.50 bits per heavy atom. The second kappa shape index (κ2) is 7.70. The third-order valence-corrected chi connectivity index (χ3v) is 4.88. The Morgan fingerprint density at radius 2 is 1.83 bits per heavy atom. The van der Waals surface area contributed by atoms with Crippen molar-refractivity contribution in [3.63, 3.8) is 0 Å². The number of carbonyl (C=O) groups excluding carboxylic acids is 2. The van der Waals surface area contributed by atoms with Crippen LogP contribution < -0.4 is 21.7 Å². The number of anilines is 2. The lowest BCUT2D eigenvalue weighted by Crippen LogP contribution is -2.39. The summed E-state index contributed by atoms with van der Waals surface area (Å²) in [7, 11) is 0. The number of imidazole rings is 1. The summed E-state index contributed by atoms with van der Waals surface area (Å²) < 4.78 is 1.47. The number of primary amides is 1. The third kappa shape index (κ3) is 3.48. The van der Waals surface area contributed by atoms with E-state index in [4.69, 9.17) is 5.73 Å². The normalized spacial score (nSPS) is 15.7. The molecule has 0 aliphatic carbocycles. The quantitative estimate of drug-likeness (QED) is 0.596. The summed E-state index contributed by atoms with van der Waals surface area (Å²) in [5.74, 6) is -1.03. The molecule has 0 bridgehead atoms. The van der Waals surface area contributed by atoms with Gasteiger partial charge in [0.25, 0.3) is 5.91 Å². The fourth-order valence-corrected chi connectivity index (χ4v) is 3.41. The Morgan fingerprint density at radius 1 is 1.13 bits per heavy atom. The minimum absolute atomic E-state index is 0.0847. The first-order valence-electron chi connectivity index (χ1n) is 9.34. The van der Waals surface area contributed by atoms with Gasteiger partial charge < -0.3 is 16.0 Å². The number of nitrogens with two attached hydrogens (primary N) is 1. The number of benzene rings is 2. The van der Waals surface area contributed by atoms with E-state index in [2.05, 4.69) is 15.4 Å². The number of nitrogens with zero attached hydrogens (tertiary/aromatic N) is 3. The van der Waals surface area contributed by atoms with E-state index in [9.17, 15) is 14.4 Å². The van der Waals surface area contributed by atoms with Crippen molar-refractivity contribution in [1.82, 2.24) is 9.55 Å². The topological polar surface area (TPSA) is 126 Å². The average molecular weight is 404 g/mol. The summed E-state index contributed by atoms with van der Waals surface area (Å²) in [6.07, 6.45) is 1.68. The van der Waals surface area contributed by atoms with Gasteiger partial charge in [0.15, 0.2) is 0 Å². The van der Waals surface area contributed by atoms with E-state index in [1.165, 1.54) is 9.58 Å². The van der Waals surface area contributed by atoms with E-state index in [1.807, 2.05) is 18.2 Å². The van der Waals surface area contributed by atoms with E-state index in [0.717, 1.165) is 0 Å². The van der Waals surface area contributed by atoms with E-state index >= 15 is 0 Å². The predicted octanol–water partition coefficient (Wildman–Crippen LogP) is 1.53. The van der Waals surface area contributed by atoms with Crippen LogP contribution in [-0.4, -0.2) is 33.1 Å². The maximum Gasteiger partial charge on any atom is 0.330 e. The molecule has 152 valence electrons. The van der Waals surface area contributed by atoms with Crippen molar-refractivity contribution in [2.45, 2.75) is 19.4 Å². The number of aryl methyl sites for hydroxylation is 1. The standard InChI is InChI=1S/C21H20N6O3/c1-13-12-23-21(30)26(13)17-10-6-5-9-15(17)24-20(29)16-11-18(19(22)28)27(25-16)14-7-3-2-4-8-14/h2-10,12,18H,11H2,1H3,(H2,22,28)(H,23,30)(H,24,29).